The standard InChI is InChI=1S/C42H44Cl4N6O5/c1-25(2)39(55)41(19-53,17-51-23-47-21-49-51)33-9-5-27(13-35(33)45)31-15-29(43)7-11-37(31)57-38-12-8-30(44)16-32(38)28-6-10-34(36(46)14-28)42(20-54,40(56)26(3)4)18-52-24-48-22-50-52/h5-16,21-26,39-40,53-56H,17-20H2,1-4H3. The lowest BCUT2D eigenvalue weighted by Gasteiger charge is -2.39. The smallest absolute Gasteiger partial charge is 0.137 e. The molecular weight excluding hydrogens is 810 g/mol. The largest absolute Gasteiger partial charge is 0.456 e. The zero-order valence-corrected chi connectivity index (χ0v) is 34.8. The molecule has 0 amide bonds. The molecule has 15 heteroatoms. The van der Waals surface area contributed by atoms with Gasteiger partial charge in [0.15, 0.2) is 0 Å². The van der Waals surface area contributed by atoms with E-state index < -0.39 is 36.3 Å². The van der Waals surface area contributed by atoms with Crippen molar-refractivity contribution in [3.63, 3.8) is 0 Å². The maximum Gasteiger partial charge on any atom is 0.137 e. The van der Waals surface area contributed by atoms with Crippen molar-refractivity contribution in [1.29, 1.82) is 0 Å². The van der Waals surface area contributed by atoms with Crippen LogP contribution in [0.15, 0.2) is 98.1 Å². The molecule has 4 unspecified atom stereocenters. The van der Waals surface area contributed by atoms with E-state index in [2.05, 4.69) is 20.2 Å². The van der Waals surface area contributed by atoms with Gasteiger partial charge in [-0.1, -0.05) is 98.4 Å². The van der Waals surface area contributed by atoms with E-state index in [9.17, 15) is 20.4 Å². The second-order valence-corrected chi connectivity index (χ2v) is 16.7. The van der Waals surface area contributed by atoms with Crippen molar-refractivity contribution in [2.75, 3.05) is 13.2 Å². The van der Waals surface area contributed by atoms with Crippen molar-refractivity contribution in [1.82, 2.24) is 29.5 Å². The third kappa shape index (κ3) is 8.72. The topological polar surface area (TPSA) is 152 Å². The van der Waals surface area contributed by atoms with Crippen molar-refractivity contribution in [2.45, 2.75) is 63.8 Å². The molecule has 0 aliphatic heterocycles. The van der Waals surface area contributed by atoms with Crippen LogP contribution < -0.4 is 4.74 Å². The van der Waals surface area contributed by atoms with Crippen molar-refractivity contribution < 1.29 is 25.2 Å². The summed E-state index contributed by atoms with van der Waals surface area (Å²) in [7, 11) is 0. The van der Waals surface area contributed by atoms with Crippen LogP contribution in [0.5, 0.6) is 11.5 Å². The number of hydrogen-bond acceptors (Lipinski definition) is 9. The van der Waals surface area contributed by atoms with Crippen molar-refractivity contribution in [3.8, 4) is 33.8 Å². The number of rotatable bonds is 16. The monoisotopic (exact) mass is 852 g/mol. The van der Waals surface area contributed by atoms with E-state index in [0.717, 1.165) is 0 Å². The van der Waals surface area contributed by atoms with E-state index in [1.54, 1.807) is 70.0 Å². The summed E-state index contributed by atoms with van der Waals surface area (Å²) in [5.41, 5.74) is 1.31. The quantitative estimate of drug-likeness (QED) is 0.0752. The summed E-state index contributed by atoms with van der Waals surface area (Å²) in [6, 6.07) is 21.3. The van der Waals surface area contributed by atoms with Crippen molar-refractivity contribution in [3.05, 3.63) is 129 Å². The van der Waals surface area contributed by atoms with Crippen LogP contribution in [0.1, 0.15) is 38.8 Å². The molecule has 6 rings (SSSR count). The van der Waals surface area contributed by atoms with Gasteiger partial charge >= 0.3 is 0 Å². The fraction of sp³-hybridized carbons (Fsp3) is 0.333. The zero-order chi connectivity index (χ0) is 41.1. The Hall–Kier alpha value is -4.04. The summed E-state index contributed by atoms with van der Waals surface area (Å²) in [4.78, 5) is 8.07. The Bertz CT molecular complexity index is 2130. The van der Waals surface area contributed by atoms with Crippen LogP contribution >= 0.6 is 46.4 Å². The van der Waals surface area contributed by atoms with E-state index in [1.807, 2.05) is 39.8 Å². The van der Waals surface area contributed by atoms with Gasteiger partial charge < -0.3 is 25.2 Å². The first-order chi connectivity index (χ1) is 27.2. The predicted octanol–water partition coefficient (Wildman–Crippen LogP) is 8.50. The molecule has 11 nitrogen and oxygen atoms in total. The Labute approximate surface area is 351 Å². The summed E-state index contributed by atoms with van der Waals surface area (Å²) >= 11 is 27.2. The van der Waals surface area contributed by atoms with Crippen LogP contribution in [0.25, 0.3) is 22.3 Å². The molecule has 4 aromatic carbocycles. The maximum atomic E-state index is 11.5. The summed E-state index contributed by atoms with van der Waals surface area (Å²) in [5, 5.41) is 54.7. The Kier molecular flexibility index (Phi) is 13.3. The lowest BCUT2D eigenvalue weighted by Crippen LogP contribution is -2.49. The van der Waals surface area contributed by atoms with Crippen LogP contribution in [-0.4, -0.2) is 75.4 Å². The first-order valence-electron chi connectivity index (χ1n) is 18.3. The van der Waals surface area contributed by atoms with Gasteiger partial charge in [-0.2, -0.15) is 10.2 Å². The SMILES string of the molecule is CC(C)C(O)C(CO)(Cn1cncn1)c1ccc(-c2cc(Cl)ccc2Oc2ccc(Cl)cc2-c2ccc(C(CO)(Cn3cncn3)C(O)C(C)C)c(Cl)c2)cc1Cl. The van der Waals surface area contributed by atoms with E-state index in [1.165, 1.54) is 25.3 Å². The minimum absolute atomic E-state index is 0.138. The molecule has 0 spiro atoms. The van der Waals surface area contributed by atoms with Gasteiger partial charge in [0, 0.05) is 31.2 Å². The molecule has 0 fully saturated rings. The minimum Gasteiger partial charge on any atom is -0.456 e. The van der Waals surface area contributed by atoms with E-state index in [-0.39, 0.29) is 24.9 Å². The van der Waals surface area contributed by atoms with Crippen molar-refractivity contribution >= 4 is 46.4 Å². The number of halogens is 4. The molecule has 2 heterocycles. The number of aliphatic hydroxyl groups excluding tert-OH is 4. The zero-order valence-electron chi connectivity index (χ0n) is 31.8. The Balaban J connectivity index is 1.39. The maximum absolute atomic E-state index is 11.5. The molecule has 0 bridgehead atoms. The molecule has 6 aromatic rings. The highest BCUT2D eigenvalue weighted by Crippen LogP contribution is 2.45. The minimum atomic E-state index is -1.19. The molecule has 2 aromatic heterocycles. The van der Waals surface area contributed by atoms with Gasteiger partial charge in [0.2, 0.25) is 0 Å². The van der Waals surface area contributed by atoms with Crippen LogP contribution in [-0.2, 0) is 23.9 Å². The normalized spacial score (nSPS) is 15.1. The summed E-state index contributed by atoms with van der Waals surface area (Å²) in [6.45, 7) is 6.98. The molecule has 57 heavy (non-hydrogen) atoms. The average molecular weight is 855 g/mol. The van der Waals surface area contributed by atoms with Gasteiger partial charge in [-0.15, -0.1) is 0 Å². The number of nitrogens with zero attached hydrogens (tertiary/aromatic N) is 6. The second-order valence-electron chi connectivity index (χ2n) is 15.0. The molecule has 0 aliphatic rings. The molecule has 0 aliphatic carbocycles. The Morgan fingerprint density at radius 2 is 1.00 bits per heavy atom. The van der Waals surface area contributed by atoms with Crippen LogP contribution in [0.4, 0.5) is 0 Å². The summed E-state index contributed by atoms with van der Waals surface area (Å²) in [5.74, 6) is 0.486. The highest BCUT2D eigenvalue weighted by atomic mass is 35.5. The third-order valence-electron chi connectivity index (χ3n) is 10.5. The van der Waals surface area contributed by atoms with Crippen LogP contribution in [0.3, 0.4) is 0 Å². The number of aliphatic hydroxyl groups is 4. The Morgan fingerprint density at radius 3 is 1.32 bits per heavy atom. The lowest BCUT2D eigenvalue weighted by molar-refractivity contribution is -0.00442. The molecule has 4 atom stereocenters. The van der Waals surface area contributed by atoms with Gasteiger partial charge in [0.1, 0.15) is 36.8 Å². The van der Waals surface area contributed by atoms with Gasteiger partial charge in [-0.05, 0) is 82.6 Å². The lowest BCUT2D eigenvalue weighted by atomic mass is 9.72. The van der Waals surface area contributed by atoms with Gasteiger partial charge in [0.25, 0.3) is 0 Å². The summed E-state index contributed by atoms with van der Waals surface area (Å²) < 4.78 is 9.79. The first kappa shape index (κ1) is 42.6. The third-order valence-corrected chi connectivity index (χ3v) is 11.6. The highest BCUT2D eigenvalue weighted by molar-refractivity contribution is 6.33. The second kappa shape index (κ2) is 17.8. The average Bonchev–Trinajstić information content (AvgIpc) is 3.92. The molecular formula is C42H44Cl4N6O5. The van der Waals surface area contributed by atoms with E-state index >= 15 is 0 Å². The molecule has 300 valence electrons. The van der Waals surface area contributed by atoms with Gasteiger partial charge in [-0.3, -0.25) is 9.36 Å². The van der Waals surface area contributed by atoms with E-state index in [0.29, 0.717) is 65.0 Å². The number of ether oxygens (including phenoxy) is 1. The fourth-order valence-electron chi connectivity index (χ4n) is 7.54. The summed E-state index contributed by atoms with van der Waals surface area (Å²) in [6.07, 6.45) is 3.91. The predicted molar refractivity (Wildman–Crippen MR) is 223 cm³/mol. The van der Waals surface area contributed by atoms with Crippen molar-refractivity contribution in [2.24, 2.45) is 11.8 Å². The number of benzene rings is 4. The van der Waals surface area contributed by atoms with Gasteiger partial charge in [-0.25, -0.2) is 9.97 Å². The molecule has 0 saturated heterocycles. The van der Waals surface area contributed by atoms with Gasteiger partial charge in [0.05, 0.1) is 49.3 Å². The molecule has 0 saturated carbocycles. The number of aromatic nitrogens is 6. The molecule has 0 radical (unpaired) electrons. The highest BCUT2D eigenvalue weighted by Gasteiger charge is 2.44. The first-order valence-corrected chi connectivity index (χ1v) is 19.8. The molecule has 4 N–H and O–H groups in total. The number of hydrogen-bond donors (Lipinski definition) is 4. The van der Waals surface area contributed by atoms with Crippen LogP contribution in [0.2, 0.25) is 20.1 Å². The fourth-order valence-corrected chi connectivity index (χ4v) is 8.62. The Morgan fingerprint density at radius 1 is 0.596 bits per heavy atom. The van der Waals surface area contributed by atoms with E-state index in [4.69, 9.17) is 51.1 Å². The van der Waals surface area contributed by atoms with Crippen LogP contribution in [0, 0.1) is 11.8 Å².